The molecule has 1 aromatic carbocycles. The number of carbonyl (C=O) groups is 1. The summed E-state index contributed by atoms with van der Waals surface area (Å²) in [5.74, 6) is 0.274. The fraction of sp³-hybridized carbons (Fsp3) is 0.111. The van der Waals surface area contributed by atoms with Gasteiger partial charge in [-0.1, -0.05) is 23.4 Å². The molecule has 11 nitrogen and oxygen atoms in total. The van der Waals surface area contributed by atoms with E-state index < -0.39 is 5.91 Å². The highest BCUT2D eigenvalue weighted by Gasteiger charge is 2.25. The second-order valence-corrected chi connectivity index (χ2v) is 6.77. The number of hydrazone groups is 1. The molecule has 0 saturated carbocycles. The molecule has 3 N–H and O–H groups in total. The van der Waals surface area contributed by atoms with Crippen molar-refractivity contribution >= 4 is 29.3 Å². The first-order valence-electron chi connectivity index (χ1n) is 8.82. The molecular weight excluding hydrogens is 408 g/mol. The van der Waals surface area contributed by atoms with E-state index in [9.17, 15) is 4.79 Å². The summed E-state index contributed by atoms with van der Waals surface area (Å²) >= 11 is 1.40. The number of hydrogen-bond acceptors (Lipinski definition) is 10. The monoisotopic (exact) mass is 424 g/mol. The normalized spacial score (nSPS) is 11.1. The number of anilines is 1. The molecule has 0 bridgehead atoms. The number of thiophene rings is 1. The molecule has 0 fully saturated rings. The molecule has 30 heavy (non-hydrogen) atoms. The van der Waals surface area contributed by atoms with Crippen molar-refractivity contribution in [3.8, 4) is 22.1 Å². The Labute approximate surface area is 174 Å². The van der Waals surface area contributed by atoms with Crippen molar-refractivity contribution < 1.29 is 14.2 Å². The van der Waals surface area contributed by atoms with Crippen LogP contribution in [0.2, 0.25) is 0 Å². The minimum atomic E-state index is -0.551. The van der Waals surface area contributed by atoms with Crippen LogP contribution in [0.15, 0.2) is 51.5 Å². The van der Waals surface area contributed by atoms with Gasteiger partial charge < -0.3 is 10.5 Å². The molecule has 4 rings (SSSR count). The highest BCUT2D eigenvalue weighted by molar-refractivity contribution is 7.13. The van der Waals surface area contributed by atoms with E-state index in [0.29, 0.717) is 18.1 Å². The van der Waals surface area contributed by atoms with E-state index in [0.717, 1.165) is 10.4 Å². The lowest BCUT2D eigenvalue weighted by Crippen LogP contribution is -2.19. The number of nitrogens with zero attached hydrogens (tertiary/aromatic N) is 6. The van der Waals surface area contributed by atoms with Crippen LogP contribution in [0.5, 0.6) is 5.75 Å². The van der Waals surface area contributed by atoms with Gasteiger partial charge in [0.2, 0.25) is 11.6 Å². The average Bonchev–Trinajstić information content (AvgIpc) is 3.49. The second-order valence-electron chi connectivity index (χ2n) is 5.82. The van der Waals surface area contributed by atoms with Crippen molar-refractivity contribution in [3.05, 3.63) is 53.0 Å². The zero-order valence-corrected chi connectivity index (χ0v) is 16.5. The van der Waals surface area contributed by atoms with Crippen LogP contribution in [0.1, 0.15) is 23.0 Å². The topological polar surface area (TPSA) is 146 Å². The third kappa shape index (κ3) is 3.75. The summed E-state index contributed by atoms with van der Waals surface area (Å²) in [7, 11) is 0. The van der Waals surface area contributed by atoms with E-state index in [2.05, 4.69) is 35.8 Å². The standard InChI is InChI=1S/C18H16N8O3S/c1-2-28-12-7-4-3-6-11(12)10-20-22-18(27)14-15(13-8-5-9-30-13)26(25-21-14)17-16(19)23-29-24-17/h3-10H,2H2,1H3,(H2,19,23)(H,22,27). The van der Waals surface area contributed by atoms with E-state index >= 15 is 0 Å². The first kappa shape index (κ1) is 19.3. The molecule has 1 amide bonds. The first-order chi connectivity index (χ1) is 14.7. The van der Waals surface area contributed by atoms with Crippen molar-refractivity contribution in [2.45, 2.75) is 6.92 Å². The molecule has 12 heteroatoms. The van der Waals surface area contributed by atoms with Gasteiger partial charge in [-0.05, 0) is 40.8 Å². The largest absolute Gasteiger partial charge is 0.493 e. The molecule has 3 heterocycles. The van der Waals surface area contributed by atoms with Gasteiger partial charge in [0.15, 0.2) is 5.69 Å². The van der Waals surface area contributed by atoms with Gasteiger partial charge in [-0.15, -0.1) is 16.4 Å². The van der Waals surface area contributed by atoms with Crippen LogP contribution in [-0.2, 0) is 0 Å². The molecular formula is C18H16N8O3S. The number of hydrogen-bond donors (Lipinski definition) is 2. The lowest BCUT2D eigenvalue weighted by atomic mass is 10.2. The minimum Gasteiger partial charge on any atom is -0.493 e. The summed E-state index contributed by atoms with van der Waals surface area (Å²) in [4.78, 5) is 13.5. The maximum absolute atomic E-state index is 12.8. The first-order valence-corrected chi connectivity index (χ1v) is 9.70. The highest BCUT2D eigenvalue weighted by Crippen LogP contribution is 2.29. The summed E-state index contributed by atoms with van der Waals surface area (Å²) in [5, 5.41) is 21.2. The van der Waals surface area contributed by atoms with Gasteiger partial charge in [0, 0.05) is 5.56 Å². The molecule has 4 aromatic rings. The lowest BCUT2D eigenvalue weighted by Gasteiger charge is -2.06. The van der Waals surface area contributed by atoms with Crippen molar-refractivity contribution in [1.82, 2.24) is 30.7 Å². The van der Waals surface area contributed by atoms with Crippen LogP contribution in [0, 0.1) is 0 Å². The van der Waals surface area contributed by atoms with E-state index in [4.69, 9.17) is 10.5 Å². The smallest absolute Gasteiger partial charge is 0.294 e. The van der Waals surface area contributed by atoms with Crippen molar-refractivity contribution in [2.24, 2.45) is 5.10 Å². The van der Waals surface area contributed by atoms with Crippen molar-refractivity contribution in [3.63, 3.8) is 0 Å². The number of benzene rings is 1. The zero-order valence-electron chi connectivity index (χ0n) is 15.7. The average molecular weight is 424 g/mol. The van der Waals surface area contributed by atoms with Gasteiger partial charge in [0.1, 0.15) is 11.4 Å². The molecule has 0 radical (unpaired) electrons. The van der Waals surface area contributed by atoms with Crippen LogP contribution in [0.4, 0.5) is 5.82 Å². The predicted octanol–water partition coefficient (Wildman–Crippen LogP) is 2.12. The molecule has 0 aliphatic carbocycles. The Balaban J connectivity index is 1.62. The van der Waals surface area contributed by atoms with Gasteiger partial charge in [-0.3, -0.25) is 4.79 Å². The predicted molar refractivity (Wildman–Crippen MR) is 110 cm³/mol. The van der Waals surface area contributed by atoms with Crippen LogP contribution >= 0.6 is 11.3 Å². The van der Waals surface area contributed by atoms with E-state index in [-0.39, 0.29) is 17.3 Å². The maximum atomic E-state index is 12.8. The lowest BCUT2D eigenvalue weighted by molar-refractivity contribution is 0.0950. The molecule has 0 spiro atoms. The fourth-order valence-electron chi connectivity index (χ4n) is 2.64. The number of rotatable bonds is 7. The number of ether oxygens (including phenoxy) is 1. The van der Waals surface area contributed by atoms with Crippen molar-refractivity contribution in [2.75, 3.05) is 12.3 Å². The molecule has 0 aliphatic rings. The molecule has 3 aromatic heterocycles. The number of nitrogen functional groups attached to an aromatic ring is 1. The Hall–Kier alpha value is -4.06. The number of aromatic nitrogens is 5. The molecule has 0 atom stereocenters. The molecule has 0 aliphatic heterocycles. The van der Waals surface area contributed by atoms with Gasteiger partial charge in [-0.25, -0.2) is 10.1 Å². The number of para-hydroxylation sites is 1. The Morgan fingerprint density at radius 1 is 1.33 bits per heavy atom. The fourth-order valence-corrected chi connectivity index (χ4v) is 3.40. The molecule has 152 valence electrons. The quantitative estimate of drug-likeness (QED) is 0.339. The maximum Gasteiger partial charge on any atom is 0.294 e. The van der Waals surface area contributed by atoms with Gasteiger partial charge in [0.05, 0.1) is 17.7 Å². The Morgan fingerprint density at radius 3 is 2.93 bits per heavy atom. The number of amides is 1. The van der Waals surface area contributed by atoms with Crippen molar-refractivity contribution in [1.29, 1.82) is 0 Å². The van der Waals surface area contributed by atoms with Gasteiger partial charge in [0.25, 0.3) is 5.91 Å². The summed E-state index contributed by atoms with van der Waals surface area (Å²) in [6.45, 7) is 2.41. The highest BCUT2D eigenvalue weighted by atomic mass is 32.1. The Morgan fingerprint density at radius 2 is 2.20 bits per heavy atom. The zero-order chi connectivity index (χ0) is 20.9. The molecule has 0 unspecified atom stereocenters. The minimum absolute atomic E-state index is 0.0233. The third-order valence-corrected chi connectivity index (χ3v) is 4.80. The van der Waals surface area contributed by atoms with E-state index in [1.54, 1.807) is 0 Å². The van der Waals surface area contributed by atoms with Gasteiger partial charge >= 0.3 is 0 Å². The number of carbonyl (C=O) groups excluding carboxylic acids is 1. The van der Waals surface area contributed by atoms with Crippen LogP contribution in [0.25, 0.3) is 16.4 Å². The van der Waals surface area contributed by atoms with Crippen LogP contribution in [0.3, 0.4) is 0 Å². The molecule has 0 saturated heterocycles. The van der Waals surface area contributed by atoms with Crippen LogP contribution < -0.4 is 15.9 Å². The van der Waals surface area contributed by atoms with Crippen LogP contribution in [-0.4, -0.2) is 44.0 Å². The third-order valence-electron chi connectivity index (χ3n) is 3.92. The number of nitrogens with one attached hydrogen (secondary N) is 1. The van der Waals surface area contributed by atoms with E-state index in [1.165, 1.54) is 22.2 Å². The second kappa shape index (κ2) is 8.53. The summed E-state index contributed by atoms with van der Waals surface area (Å²) in [5.41, 5.74) is 9.41. The number of nitrogens with two attached hydrogens (primary N) is 1. The summed E-state index contributed by atoms with van der Waals surface area (Å²) in [6.07, 6.45) is 1.50. The summed E-state index contributed by atoms with van der Waals surface area (Å²) in [6, 6.07) is 11.0. The summed E-state index contributed by atoms with van der Waals surface area (Å²) < 4.78 is 11.5. The van der Waals surface area contributed by atoms with Gasteiger partial charge in [-0.2, -0.15) is 9.78 Å². The SMILES string of the molecule is CCOc1ccccc1C=NNC(=O)c1nnn(-c2nonc2N)c1-c1cccs1. The van der Waals surface area contributed by atoms with E-state index in [1.807, 2.05) is 48.7 Å². The Bertz CT molecular complexity index is 1180. The Kier molecular flexibility index (Phi) is 5.48.